The molecule has 1 N–H and O–H groups in total. The summed E-state index contributed by atoms with van der Waals surface area (Å²) in [6, 6.07) is 5.02. The van der Waals surface area contributed by atoms with Gasteiger partial charge in [0.25, 0.3) is 5.91 Å². The molecule has 1 aliphatic rings. The maximum atomic E-state index is 12.9. The van der Waals surface area contributed by atoms with E-state index in [2.05, 4.69) is 5.32 Å². The van der Waals surface area contributed by atoms with Crippen molar-refractivity contribution in [2.45, 2.75) is 38.5 Å². The van der Waals surface area contributed by atoms with Crippen LogP contribution in [0.25, 0.3) is 0 Å². The molecule has 0 bridgehead atoms. The number of carbonyl (C=O) groups is 1. The minimum Gasteiger partial charge on any atom is -0.338 e. The fourth-order valence-corrected chi connectivity index (χ4v) is 5.31. The zero-order valence-electron chi connectivity index (χ0n) is 16.3. The van der Waals surface area contributed by atoms with Gasteiger partial charge in [0.05, 0.1) is 4.90 Å². The van der Waals surface area contributed by atoms with Gasteiger partial charge in [0.1, 0.15) is 0 Å². The molecule has 1 amide bonds. The lowest BCUT2D eigenvalue weighted by Crippen LogP contribution is -2.42. The summed E-state index contributed by atoms with van der Waals surface area (Å²) in [5, 5.41) is 3.18. The summed E-state index contributed by atoms with van der Waals surface area (Å²) in [5.41, 5.74) is 1.12. The summed E-state index contributed by atoms with van der Waals surface area (Å²) in [6.45, 7) is 8.56. The zero-order valence-corrected chi connectivity index (χ0v) is 17.1. The van der Waals surface area contributed by atoms with Crippen LogP contribution < -0.4 is 5.32 Å². The topological polar surface area (TPSA) is 69.7 Å². The molecule has 1 atom stereocenters. The predicted octanol–water partition coefficient (Wildman–Crippen LogP) is 2.10. The normalized spacial score (nSPS) is 18.3. The number of hydrogen-bond acceptors (Lipinski definition) is 4. The largest absolute Gasteiger partial charge is 0.338 e. The molecule has 0 aliphatic carbocycles. The van der Waals surface area contributed by atoms with Crippen molar-refractivity contribution in [1.29, 1.82) is 0 Å². The second-order valence-electron chi connectivity index (χ2n) is 6.89. The Balaban J connectivity index is 2.30. The molecule has 2 rings (SSSR count). The lowest BCUT2D eigenvalue weighted by atomic mass is 9.97. The molecule has 1 saturated heterocycles. The van der Waals surface area contributed by atoms with Gasteiger partial charge in [-0.25, -0.2) is 8.42 Å². The molecule has 0 spiro atoms. The van der Waals surface area contributed by atoms with Crippen LogP contribution in [0.1, 0.15) is 42.6 Å². The first-order valence-electron chi connectivity index (χ1n) is 9.39. The average molecular weight is 382 g/mol. The summed E-state index contributed by atoms with van der Waals surface area (Å²) in [4.78, 5) is 15.0. The first-order chi connectivity index (χ1) is 12.3. The van der Waals surface area contributed by atoms with Crippen molar-refractivity contribution in [3.8, 4) is 0 Å². The number of hydrogen-bond donors (Lipinski definition) is 1. The molecule has 1 unspecified atom stereocenters. The van der Waals surface area contributed by atoms with Crippen LogP contribution in [0.2, 0.25) is 0 Å². The Kier molecular flexibility index (Phi) is 7.20. The average Bonchev–Trinajstić information content (AvgIpc) is 2.62. The van der Waals surface area contributed by atoms with Crippen molar-refractivity contribution in [1.82, 2.24) is 14.5 Å². The fourth-order valence-electron chi connectivity index (χ4n) is 3.60. The highest BCUT2D eigenvalue weighted by molar-refractivity contribution is 7.89. The Labute approximate surface area is 157 Å². The van der Waals surface area contributed by atoms with Crippen molar-refractivity contribution in [2.75, 3.05) is 39.8 Å². The van der Waals surface area contributed by atoms with Crippen LogP contribution in [-0.4, -0.2) is 63.3 Å². The summed E-state index contributed by atoms with van der Waals surface area (Å²) in [5.74, 6) is 0.365. The second kappa shape index (κ2) is 8.97. The molecule has 1 aromatic carbocycles. The van der Waals surface area contributed by atoms with E-state index in [1.54, 1.807) is 25.1 Å². The quantitative estimate of drug-likeness (QED) is 0.785. The zero-order chi connectivity index (χ0) is 19.3. The minimum atomic E-state index is -3.59. The standard InChI is InChI=1S/C19H31N3O3S/c1-5-22(6-2)26(24,25)18-12-17(10-9-15(18)3)19(23)21-11-7-8-16(14-21)13-20-4/h9-10,12,16,20H,5-8,11,13-14H2,1-4H3. The third-order valence-corrected chi connectivity index (χ3v) is 7.25. The van der Waals surface area contributed by atoms with Gasteiger partial charge in [0, 0.05) is 31.7 Å². The Bertz CT molecular complexity index is 728. The third-order valence-electron chi connectivity index (χ3n) is 5.06. The number of benzene rings is 1. The molecule has 1 heterocycles. The number of aryl methyl sites for hydroxylation is 1. The van der Waals surface area contributed by atoms with Gasteiger partial charge < -0.3 is 10.2 Å². The van der Waals surface area contributed by atoms with Crippen LogP contribution in [0.4, 0.5) is 0 Å². The van der Waals surface area contributed by atoms with Crippen LogP contribution in [0.3, 0.4) is 0 Å². The summed E-state index contributed by atoms with van der Waals surface area (Å²) in [6.07, 6.45) is 2.09. The number of carbonyl (C=O) groups excluding carboxylic acids is 1. The Hall–Kier alpha value is -1.44. The molecule has 0 saturated carbocycles. The number of piperidine rings is 1. The molecule has 1 aliphatic heterocycles. The Morgan fingerprint density at radius 1 is 1.31 bits per heavy atom. The van der Waals surface area contributed by atoms with E-state index in [0.29, 0.717) is 36.7 Å². The predicted molar refractivity (Wildman–Crippen MR) is 104 cm³/mol. The van der Waals surface area contributed by atoms with E-state index in [0.717, 1.165) is 25.9 Å². The lowest BCUT2D eigenvalue weighted by Gasteiger charge is -2.33. The molecule has 26 heavy (non-hydrogen) atoms. The number of amides is 1. The molecule has 1 fully saturated rings. The highest BCUT2D eigenvalue weighted by Crippen LogP contribution is 2.24. The number of nitrogens with zero attached hydrogens (tertiary/aromatic N) is 2. The summed E-state index contributed by atoms with van der Waals surface area (Å²) in [7, 11) is -1.66. The molecule has 0 radical (unpaired) electrons. The lowest BCUT2D eigenvalue weighted by molar-refractivity contribution is 0.0674. The fraction of sp³-hybridized carbons (Fsp3) is 0.632. The van der Waals surface area contributed by atoms with Gasteiger partial charge >= 0.3 is 0 Å². The van der Waals surface area contributed by atoms with E-state index < -0.39 is 10.0 Å². The first-order valence-corrected chi connectivity index (χ1v) is 10.8. The van der Waals surface area contributed by atoms with E-state index in [-0.39, 0.29) is 10.8 Å². The molecule has 0 aromatic heterocycles. The van der Waals surface area contributed by atoms with E-state index in [1.165, 1.54) is 4.31 Å². The molecule has 6 nitrogen and oxygen atoms in total. The number of sulfonamides is 1. The minimum absolute atomic E-state index is 0.0817. The van der Waals surface area contributed by atoms with Gasteiger partial charge in [0.15, 0.2) is 0 Å². The van der Waals surface area contributed by atoms with Crippen LogP contribution in [0.5, 0.6) is 0 Å². The molecular formula is C19H31N3O3S. The SMILES string of the molecule is CCN(CC)S(=O)(=O)c1cc(C(=O)N2CCCC(CNC)C2)ccc1C. The van der Waals surface area contributed by atoms with E-state index in [4.69, 9.17) is 0 Å². The highest BCUT2D eigenvalue weighted by atomic mass is 32.2. The smallest absolute Gasteiger partial charge is 0.253 e. The van der Waals surface area contributed by atoms with Crippen LogP contribution in [0.15, 0.2) is 23.1 Å². The van der Waals surface area contributed by atoms with Gasteiger partial charge in [-0.3, -0.25) is 4.79 Å². The maximum absolute atomic E-state index is 12.9. The van der Waals surface area contributed by atoms with Crippen molar-refractivity contribution in [2.24, 2.45) is 5.92 Å². The van der Waals surface area contributed by atoms with Crippen LogP contribution >= 0.6 is 0 Å². The molecule has 1 aromatic rings. The van der Waals surface area contributed by atoms with Gasteiger partial charge in [0.2, 0.25) is 10.0 Å². The van der Waals surface area contributed by atoms with Crippen molar-refractivity contribution >= 4 is 15.9 Å². The van der Waals surface area contributed by atoms with Gasteiger partial charge in [-0.2, -0.15) is 4.31 Å². The van der Waals surface area contributed by atoms with Gasteiger partial charge in [-0.1, -0.05) is 19.9 Å². The second-order valence-corrected chi connectivity index (χ2v) is 8.79. The molecule has 146 valence electrons. The first kappa shape index (κ1) is 20.9. The van der Waals surface area contributed by atoms with Crippen molar-refractivity contribution in [3.63, 3.8) is 0 Å². The third kappa shape index (κ3) is 4.45. The Morgan fingerprint density at radius 2 is 2.00 bits per heavy atom. The van der Waals surface area contributed by atoms with Gasteiger partial charge in [-0.05, 0) is 57.0 Å². The van der Waals surface area contributed by atoms with Crippen molar-refractivity contribution in [3.05, 3.63) is 29.3 Å². The number of nitrogens with one attached hydrogen (secondary N) is 1. The van der Waals surface area contributed by atoms with Crippen LogP contribution in [0, 0.1) is 12.8 Å². The van der Waals surface area contributed by atoms with E-state index >= 15 is 0 Å². The number of rotatable bonds is 7. The Morgan fingerprint density at radius 3 is 2.62 bits per heavy atom. The van der Waals surface area contributed by atoms with Crippen LogP contribution in [-0.2, 0) is 10.0 Å². The summed E-state index contributed by atoms with van der Waals surface area (Å²) < 4.78 is 27.2. The van der Waals surface area contributed by atoms with E-state index in [9.17, 15) is 13.2 Å². The molecule has 7 heteroatoms. The molecular weight excluding hydrogens is 350 g/mol. The highest BCUT2D eigenvalue weighted by Gasteiger charge is 2.27. The summed E-state index contributed by atoms with van der Waals surface area (Å²) >= 11 is 0. The monoisotopic (exact) mass is 381 g/mol. The van der Waals surface area contributed by atoms with E-state index in [1.807, 2.05) is 25.8 Å². The van der Waals surface area contributed by atoms with Gasteiger partial charge in [-0.15, -0.1) is 0 Å². The number of likely N-dealkylation sites (tertiary alicyclic amines) is 1. The maximum Gasteiger partial charge on any atom is 0.253 e. The van der Waals surface area contributed by atoms with Crippen molar-refractivity contribution < 1.29 is 13.2 Å².